The van der Waals surface area contributed by atoms with Gasteiger partial charge in [0.1, 0.15) is 0 Å². The summed E-state index contributed by atoms with van der Waals surface area (Å²) in [6.07, 6.45) is 0.738. The van der Waals surface area contributed by atoms with E-state index in [-0.39, 0.29) is 23.2 Å². The van der Waals surface area contributed by atoms with E-state index in [4.69, 9.17) is 5.11 Å². The third-order valence-corrected chi connectivity index (χ3v) is 5.46. The second-order valence-electron chi connectivity index (χ2n) is 7.19. The molecule has 2 aliphatic rings. The number of nitrogens with zero attached hydrogens (tertiary/aromatic N) is 2. The molecule has 1 N–H and O–H groups in total. The Bertz CT molecular complexity index is 870. The maximum absolute atomic E-state index is 13.0. The minimum Gasteiger partial charge on any atom is -0.481 e. The van der Waals surface area contributed by atoms with E-state index in [2.05, 4.69) is 9.47 Å². The number of anilines is 1. The summed E-state index contributed by atoms with van der Waals surface area (Å²) in [5.74, 6) is -3.72. The van der Waals surface area contributed by atoms with Gasteiger partial charge >= 0.3 is 17.9 Å². The Morgan fingerprint density at radius 3 is 1.97 bits per heavy atom. The zero-order valence-corrected chi connectivity index (χ0v) is 16.6. The van der Waals surface area contributed by atoms with Crippen molar-refractivity contribution in [3.63, 3.8) is 0 Å². The second kappa shape index (κ2) is 8.62. The van der Waals surface area contributed by atoms with E-state index < -0.39 is 41.7 Å². The highest BCUT2D eigenvalue weighted by atomic mass is 16.5. The van der Waals surface area contributed by atoms with Crippen molar-refractivity contribution in [3.05, 3.63) is 29.3 Å². The van der Waals surface area contributed by atoms with E-state index >= 15 is 0 Å². The monoisotopic (exact) mass is 418 g/mol. The fraction of sp³-hybridized carbons (Fsp3) is 0.450. The minimum atomic E-state index is -0.861. The SMILES string of the molecule is COC(=O)c1cc(C(=O)OC)cc(N2C(=O)C[C@@H](N3CCC(C(=O)O)CC3)C2=O)c1. The maximum Gasteiger partial charge on any atom is 0.337 e. The van der Waals surface area contributed by atoms with Gasteiger partial charge in [0.2, 0.25) is 5.91 Å². The molecule has 1 aromatic carbocycles. The number of carbonyl (C=O) groups excluding carboxylic acids is 4. The number of amides is 2. The van der Waals surface area contributed by atoms with Crippen LogP contribution in [-0.2, 0) is 23.9 Å². The number of rotatable bonds is 5. The topological polar surface area (TPSA) is 131 Å². The van der Waals surface area contributed by atoms with Crippen LogP contribution >= 0.6 is 0 Å². The molecule has 0 aromatic heterocycles. The zero-order chi connectivity index (χ0) is 22.0. The number of carboxylic acid groups (broad SMARTS) is 1. The van der Waals surface area contributed by atoms with Gasteiger partial charge in [-0.05, 0) is 44.1 Å². The lowest BCUT2D eigenvalue weighted by atomic mass is 9.95. The van der Waals surface area contributed by atoms with Gasteiger partial charge in [0.25, 0.3) is 5.91 Å². The lowest BCUT2D eigenvalue weighted by Crippen LogP contribution is -2.46. The van der Waals surface area contributed by atoms with Crippen LogP contribution in [0.25, 0.3) is 0 Å². The number of hydrogen-bond donors (Lipinski definition) is 1. The number of esters is 2. The van der Waals surface area contributed by atoms with E-state index in [1.807, 2.05) is 4.90 Å². The highest BCUT2D eigenvalue weighted by Gasteiger charge is 2.44. The Morgan fingerprint density at radius 2 is 1.50 bits per heavy atom. The van der Waals surface area contributed by atoms with Gasteiger partial charge in [-0.1, -0.05) is 0 Å². The van der Waals surface area contributed by atoms with Gasteiger partial charge in [0.05, 0.1) is 49.4 Å². The van der Waals surface area contributed by atoms with E-state index in [0.29, 0.717) is 25.9 Å². The normalized spacial score (nSPS) is 20.3. The van der Waals surface area contributed by atoms with Gasteiger partial charge in [0.15, 0.2) is 0 Å². The number of benzene rings is 1. The minimum absolute atomic E-state index is 0.00159. The highest BCUT2D eigenvalue weighted by Crippen LogP contribution is 2.30. The van der Waals surface area contributed by atoms with Crippen molar-refractivity contribution in [1.82, 2.24) is 4.90 Å². The Kier molecular flexibility index (Phi) is 6.16. The first-order valence-electron chi connectivity index (χ1n) is 9.42. The molecule has 2 saturated heterocycles. The van der Waals surface area contributed by atoms with Gasteiger partial charge in [0, 0.05) is 0 Å². The fourth-order valence-electron chi connectivity index (χ4n) is 3.84. The first-order chi connectivity index (χ1) is 14.3. The summed E-state index contributed by atoms with van der Waals surface area (Å²) < 4.78 is 9.37. The summed E-state index contributed by atoms with van der Waals surface area (Å²) in [6, 6.07) is 3.18. The maximum atomic E-state index is 13.0. The number of likely N-dealkylation sites (tertiary alicyclic amines) is 1. The van der Waals surface area contributed by atoms with Gasteiger partial charge in [-0.2, -0.15) is 0 Å². The lowest BCUT2D eigenvalue weighted by Gasteiger charge is -2.33. The predicted octanol–water partition coefficient (Wildman–Crippen LogP) is 0.688. The summed E-state index contributed by atoms with van der Waals surface area (Å²) >= 11 is 0. The summed E-state index contributed by atoms with van der Waals surface area (Å²) in [5, 5.41) is 9.13. The molecule has 0 aliphatic carbocycles. The van der Waals surface area contributed by atoms with Crippen molar-refractivity contribution in [2.45, 2.75) is 25.3 Å². The van der Waals surface area contributed by atoms with Crippen LogP contribution in [0.2, 0.25) is 0 Å². The van der Waals surface area contributed by atoms with Crippen LogP contribution in [0, 0.1) is 5.92 Å². The van der Waals surface area contributed by atoms with Crippen LogP contribution in [0.15, 0.2) is 18.2 Å². The molecule has 3 rings (SSSR count). The van der Waals surface area contributed by atoms with E-state index in [1.165, 1.54) is 32.4 Å². The van der Waals surface area contributed by atoms with Crippen LogP contribution in [0.5, 0.6) is 0 Å². The number of imide groups is 1. The number of carbonyl (C=O) groups is 5. The molecule has 0 spiro atoms. The molecule has 2 amide bonds. The number of piperidine rings is 1. The van der Waals surface area contributed by atoms with Crippen molar-refractivity contribution in [3.8, 4) is 0 Å². The Hall–Kier alpha value is -3.27. The third-order valence-electron chi connectivity index (χ3n) is 5.46. The van der Waals surface area contributed by atoms with Crippen LogP contribution < -0.4 is 4.90 Å². The fourth-order valence-corrected chi connectivity index (χ4v) is 3.84. The van der Waals surface area contributed by atoms with Crippen molar-refractivity contribution < 1.29 is 38.6 Å². The van der Waals surface area contributed by atoms with Crippen LogP contribution in [0.1, 0.15) is 40.0 Å². The molecule has 10 nitrogen and oxygen atoms in total. The summed E-state index contributed by atoms with van der Waals surface area (Å²) in [4.78, 5) is 63.6. The smallest absolute Gasteiger partial charge is 0.337 e. The molecule has 2 aliphatic heterocycles. The average Bonchev–Trinajstić information content (AvgIpc) is 3.06. The molecule has 1 aromatic rings. The number of ether oxygens (including phenoxy) is 2. The molecule has 0 saturated carbocycles. The number of hydrogen-bond acceptors (Lipinski definition) is 8. The largest absolute Gasteiger partial charge is 0.481 e. The molecule has 10 heteroatoms. The highest BCUT2D eigenvalue weighted by molar-refractivity contribution is 6.23. The van der Waals surface area contributed by atoms with Gasteiger partial charge in [-0.25, -0.2) is 14.5 Å². The van der Waals surface area contributed by atoms with E-state index in [9.17, 15) is 24.0 Å². The van der Waals surface area contributed by atoms with Crippen molar-refractivity contribution >= 4 is 35.4 Å². The Labute approximate surface area is 172 Å². The van der Waals surface area contributed by atoms with E-state index in [0.717, 1.165) is 4.90 Å². The van der Waals surface area contributed by atoms with Crippen LogP contribution in [0.4, 0.5) is 5.69 Å². The molecule has 30 heavy (non-hydrogen) atoms. The molecule has 2 fully saturated rings. The van der Waals surface area contributed by atoms with Gasteiger partial charge < -0.3 is 14.6 Å². The van der Waals surface area contributed by atoms with Crippen molar-refractivity contribution in [2.24, 2.45) is 5.92 Å². The number of aliphatic carboxylic acids is 1. The summed E-state index contributed by atoms with van der Waals surface area (Å²) in [6.45, 7) is 0.786. The molecular weight excluding hydrogens is 396 g/mol. The Balaban J connectivity index is 1.88. The van der Waals surface area contributed by atoms with Gasteiger partial charge in [-0.15, -0.1) is 0 Å². The zero-order valence-electron chi connectivity index (χ0n) is 16.6. The molecule has 2 heterocycles. The predicted molar refractivity (Wildman–Crippen MR) is 102 cm³/mol. The van der Waals surface area contributed by atoms with Gasteiger partial charge in [-0.3, -0.25) is 19.3 Å². The molecule has 1 atom stereocenters. The number of methoxy groups -OCH3 is 2. The molecule has 0 unspecified atom stereocenters. The van der Waals surface area contributed by atoms with Crippen LogP contribution in [0.3, 0.4) is 0 Å². The summed E-state index contributed by atoms with van der Waals surface area (Å²) in [5.41, 5.74) is 0.0830. The quantitative estimate of drug-likeness (QED) is 0.542. The van der Waals surface area contributed by atoms with Crippen molar-refractivity contribution in [2.75, 3.05) is 32.2 Å². The molecule has 0 bridgehead atoms. The van der Waals surface area contributed by atoms with E-state index in [1.54, 1.807) is 0 Å². The first kappa shape index (κ1) is 21.4. The standard InChI is InChI=1S/C20H22N2O8/c1-29-19(27)12-7-13(20(28)30-2)9-14(8-12)22-16(23)10-15(17(22)24)21-5-3-11(4-6-21)18(25)26/h7-9,11,15H,3-6,10H2,1-2H3,(H,25,26)/t15-/m1/s1. The van der Waals surface area contributed by atoms with Crippen LogP contribution in [-0.4, -0.2) is 73.1 Å². The molecular formula is C20H22N2O8. The average molecular weight is 418 g/mol. The molecule has 0 radical (unpaired) electrons. The van der Waals surface area contributed by atoms with Crippen molar-refractivity contribution in [1.29, 1.82) is 0 Å². The lowest BCUT2D eigenvalue weighted by molar-refractivity contribution is -0.143. The third kappa shape index (κ3) is 4.04. The Morgan fingerprint density at radius 1 is 0.967 bits per heavy atom. The molecule has 160 valence electrons. The second-order valence-corrected chi connectivity index (χ2v) is 7.19. The number of carboxylic acids is 1. The summed E-state index contributed by atoms with van der Waals surface area (Å²) in [7, 11) is 2.35. The first-order valence-corrected chi connectivity index (χ1v) is 9.42.